The molecule has 0 unspecified atom stereocenters. The minimum absolute atomic E-state index is 0.0821. The van der Waals surface area contributed by atoms with E-state index in [2.05, 4.69) is 20.3 Å². The topological polar surface area (TPSA) is 80.9 Å². The van der Waals surface area contributed by atoms with Gasteiger partial charge in [0.05, 0.1) is 6.20 Å². The second-order valence-electron chi connectivity index (χ2n) is 7.63. The molecule has 0 aromatic carbocycles. The van der Waals surface area contributed by atoms with Gasteiger partial charge in [0, 0.05) is 63.0 Å². The first kappa shape index (κ1) is 13.6. The molecule has 1 N–H and O–H groups in total. The summed E-state index contributed by atoms with van der Waals surface area (Å²) in [5.74, 6) is 1.05. The van der Waals surface area contributed by atoms with Crippen molar-refractivity contribution in [3.05, 3.63) is 42.3 Å². The fraction of sp³-hybridized carbons (Fsp3) is 0.478. The summed E-state index contributed by atoms with van der Waals surface area (Å²) in [6.07, 6.45) is 7.50. The second kappa shape index (κ2) is 8.41. The van der Waals surface area contributed by atoms with Gasteiger partial charge in [0.1, 0.15) is 11.5 Å². The molecule has 0 saturated heterocycles. The summed E-state index contributed by atoms with van der Waals surface area (Å²) in [4.78, 5) is 25.9. The van der Waals surface area contributed by atoms with E-state index in [9.17, 15) is 4.79 Å². The number of rotatable bonds is 6. The second-order valence-corrected chi connectivity index (χ2v) is 7.63. The predicted molar refractivity (Wildman–Crippen MR) is 113 cm³/mol. The van der Waals surface area contributed by atoms with Crippen molar-refractivity contribution < 1.29 is 17.4 Å². The number of oxazole rings is 1. The summed E-state index contributed by atoms with van der Waals surface area (Å²) in [5, 5.41) is 4.57. The van der Waals surface area contributed by atoms with E-state index in [0.717, 1.165) is 10.8 Å². The molecule has 1 fully saturated rings. The van der Waals surface area contributed by atoms with E-state index >= 15 is 0 Å². The lowest BCUT2D eigenvalue weighted by Gasteiger charge is -2.29. The monoisotopic (exact) mass is 398 g/mol. The average Bonchev–Trinajstić information content (AvgIpc) is 3.22. The number of ketones is 1. The third kappa shape index (κ3) is 4.70. The third-order valence-corrected chi connectivity index (χ3v) is 5.47. The number of pyridine rings is 2. The van der Waals surface area contributed by atoms with Gasteiger partial charge in [-0.1, -0.05) is 13.7 Å². The van der Waals surface area contributed by atoms with Crippen molar-refractivity contribution in [1.29, 1.82) is 0 Å². The van der Waals surface area contributed by atoms with Gasteiger partial charge in [0.25, 0.3) is 0 Å². The smallest absolute Gasteiger partial charge is 0.191 e. The highest BCUT2D eigenvalue weighted by molar-refractivity contribution is 5.87. The Morgan fingerprint density at radius 2 is 1.93 bits per heavy atom. The highest BCUT2D eigenvalue weighted by Gasteiger charge is 2.26. The lowest BCUT2D eigenvalue weighted by atomic mass is 9.82. The molecular weight excluding hydrogens is 364 g/mol. The predicted octanol–water partition coefficient (Wildman–Crippen LogP) is 4.26. The van der Waals surface area contributed by atoms with E-state index in [1.807, 2.05) is 12.1 Å². The van der Waals surface area contributed by atoms with Gasteiger partial charge in [-0.05, 0) is 43.2 Å². The number of hydrogen-bond acceptors (Lipinski definition) is 6. The summed E-state index contributed by atoms with van der Waals surface area (Å²) in [5.41, 5.74) is 1.32. The Morgan fingerprint density at radius 3 is 2.66 bits per heavy atom. The van der Waals surface area contributed by atoms with Crippen LogP contribution in [0.3, 0.4) is 0 Å². The fourth-order valence-corrected chi connectivity index (χ4v) is 3.94. The van der Waals surface area contributed by atoms with E-state index < -0.39 is 19.7 Å². The first-order chi connectivity index (χ1) is 16.4. The minimum Gasteiger partial charge on any atom is -0.439 e. The Hall–Kier alpha value is -2.60. The van der Waals surface area contributed by atoms with Crippen molar-refractivity contribution in [3.8, 4) is 11.5 Å². The van der Waals surface area contributed by atoms with Crippen LogP contribution in [0.4, 0.5) is 0 Å². The van der Waals surface area contributed by atoms with Gasteiger partial charge in [0.15, 0.2) is 11.7 Å². The van der Waals surface area contributed by atoms with E-state index in [1.165, 1.54) is 0 Å². The maximum absolute atomic E-state index is 13.0. The number of Topliss-reactive ketones (excluding diaryl/α,β-unsaturated/α-hetero) is 1. The molecule has 29 heavy (non-hydrogen) atoms. The molecule has 1 aliphatic rings. The molecule has 1 aliphatic carbocycles. The lowest BCUT2D eigenvalue weighted by molar-refractivity contribution is -0.123. The van der Waals surface area contributed by atoms with Crippen LogP contribution in [-0.4, -0.2) is 32.8 Å². The Morgan fingerprint density at radius 1 is 1.14 bits per heavy atom. The zero-order valence-corrected chi connectivity index (χ0v) is 16.3. The number of carbonyl (C=O) groups excluding carboxylic acids is 1. The van der Waals surface area contributed by atoms with Gasteiger partial charge < -0.3 is 9.73 Å². The molecular formula is C23H28N4O2. The summed E-state index contributed by atoms with van der Waals surface area (Å²) in [7, 11) is 0. The highest BCUT2D eigenvalue weighted by Crippen LogP contribution is 2.27. The molecule has 6 heteroatoms. The molecule has 0 spiro atoms. The normalized spacial score (nSPS) is 23.7. The number of hydrogen-bond donors (Lipinski definition) is 1. The summed E-state index contributed by atoms with van der Waals surface area (Å²) in [6.45, 7) is -3.48. The first-order valence-electron chi connectivity index (χ1n) is 12.9. The zero-order chi connectivity index (χ0) is 25.4. The van der Waals surface area contributed by atoms with Crippen LogP contribution in [0.1, 0.15) is 59.2 Å². The average molecular weight is 399 g/mol. The molecule has 0 bridgehead atoms. The number of aryl methyl sites for hydroxylation is 1. The van der Waals surface area contributed by atoms with E-state index in [-0.39, 0.29) is 24.2 Å². The molecule has 1 saturated carbocycles. The highest BCUT2D eigenvalue weighted by atomic mass is 16.4. The van der Waals surface area contributed by atoms with Crippen LogP contribution in [0.5, 0.6) is 0 Å². The lowest BCUT2D eigenvalue weighted by Crippen LogP contribution is -2.38. The molecule has 0 aliphatic heterocycles. The Labute approximate surface area is 179 Å². The quantitative estimate of drug-likeness (QED) is 0.668. The fourth-order valence-electron chi connectivity index (χ4n) is 3.94. The molecule has 4 rings (SSSR count). The Bertz CT molecular complexity index is 1180. The summed E-state index contributed by atoms with van der Waals surface area (Å²) in [6, 6.07) is 1.95. The third-order valence-electron chi connectivity index (χ3n) is 5.47. The maximum atomic E-state index is 13.0. The van der Waals surface area contributed by atoms with Crippen LogP contribution in [0.15, 0.2) is 35.1 Å². The van der Waals surface area contributed by atoms with Crippen LogP contribution >= 0.6 is 0 Å². The van der Waals surface area contributed by atoms with Gasteiger partial charge in [0.2, 0.25) is 0 Å². The van der Waals surface area contributed by atoms with E-state index in [1.54, 1.807) is 25.5 Å². The van der Waals surface area contributed by atoms with Gasteiger partial charge in [-0.3, -0.25) is 14.8 Å². The van der Waals surface area contributed by atoms with Gasteiger partial charge in [-0.15, -0.1) is 0 Å². The number of carbonyl (C=O) groups is 1. The standard InChI is InChI=1S/C23H28N4O2/c1-14(2)27-19-6-4-16(5-7-19)22(28)10-20-8-17-9-21(23-13-24-15(3)29-23)26-12-18(17)11-25-20/h8-9,11-14,16,19,27H,4-7,10H2,1-3H3/i1D3,2D3. The van der Waals surface area contributed by atoms with Crippen LogP contribution in [0, 0.1) is 12.8 Å². The zero-order valence-electron chi connectivity index (χ0n) is 22.3. The largest absolute Gasteiger partial charge is 0.439 e. The van der Waals surface area contributed by atoms with Crippen LogP contribution < -0.4 is 5.32 Å². The molecule has 3 aromatic rings. The van der Waals surface area contributed by atoms with Crippen molar-refractivity contribution >= 4 is 16.6 Å². The molecule has 0 atom stereocenters. The first-order valence-corrected chi connectivity index (χ1v) is 9.86. The number of aromatic nitrogens is 3. The van der Waals surface area contributed by atoms with Gasteiger partial charge >= 0.3 is 0 Å². The number of nitrogens with zero attached hydrogens (tertiary/aromatic N) is 3. The molecule has 6 nitrogen and oxygen atoms in total. The van der Waals surface area contributed by atoms with Crippen molar-refractivity contribution in [2.45, 2.75) is 64.8 Å². The van der Waals surface area contributed by atoms with Crippen LogP contribution in [0.2, 0.25) is 0 Å². The maximum Gasteiger partial charge on any atom is 0.191 e. The number of fused-ring (bicyclic) bond motifs is 1. The number of nitrogens with one attached hydrogen (secondary N) is 1. The van der Waals surface area contributed by atoms with Crippen molar-refractivity contribution in [2.24, 2.45) is 5.92 Å². The summed E-state index contributed by atoms with van der Waals surface area (Å²) < 4.78 is 50.9. The van der Waals surface area contributed by atoms with Crippen molar-refractivity contribution in [1.82, 2.24) is 20.3 Å². The SMILES string of the molecule is [2H]C([2H])([2H])C(NC1CCC(C(=O)Cc2cc3cc(-c4cnc(C)o4)ncc3cn2)CC1)C([2H])([2H])[2H]. The minimum atomic E-state index is -2.62. The molecule has 0 radical (unpaired) electrons. The van der Waals surface area contributed by atoms with Crippen molar-refractivity contribution in [3.63, 3.8) is 0 Å². The Balaban J connectivity index is 1.38. The van der Waals surface area contributed by atoms with Crippen LogP contribution in [-0.2, 0) is 11.2 Å². The van der Waals surface area contributed by atoms with Crippen molar-refractivity contribution in [2.75, 3.05) is 0 Å². The van der Waals surface area contributed by atoms with Gasteiger partial charge in [-0.2, -0.15) is 0 Å². The molecule has 0 amide bonds. The molecule has 3 heterocycles. The van der Waals surface area contributed by atoms with E-state index in [0.29, 0.717) is 48.7 Å². The summed E-state index contributed by atoms with van der Waals surface area (Å²) >= 11 is 0. The Kier molecular flexibility index (Phi) is 3.94. The molecule has 152 valence electrons. The van der Waals surface area contributed by atoms with Gasteiger partial charge in [-0.25, -0.2) is 4.98 Å². The van der Waals surface area contributed by atoms with Crippen LogP contribution in [0.25, 0.3) is 22.2 Å². The molecule has 3 aromatic heterocycles. The van der Waals surface area contributed by atoms with E-state index in [4.69, 9.17) is 12.6 Å².